The Morgan fingerprint density at radius 2 is 1.56 bits per heavy atom. The summed E-state index contributed by atoms with van der Waals surface area (Å²) in [6.07, 6.45) is 0. The van der Waals surface area contributed by atoms with E-state index in [1.165, 1.54) is 11.1 Å². The third kappa shape index (κ3) is 4.12. The van der Waals surface area contributed by atoms with Crippen LogP contribution in [0.25, 0.3) is 0 Å². The molecule has 0 amide bonds. The van der Waals surface area contributed by atoms with E-state index in [1.807, 2.05) is 18.2 Å². The third-order valence-electron chi connectivity index (χ3n) is 5.19. The molecule has 6 nitrogen and oxygen atoms in total. The van der Waals surface area contributed by atoms with Crippen LogP contribution in [0.4, 0.5) is 0 Å². The number of nitrogens with zero attached hydrogens (tertiary/aromatic N) is 2. The maximum Gasteiger partial charge on any atom is 0.231 e. The topological polar surface area (TPSA) is 43.4 Å². The van der Waals surface area contributed by atoms with Gasteiger partial charge >= 0.3 is 0 Å². The zero-order valence-electron chi connectivity index (χ0n) is 15.9. The molecule has 1 fully saturated rings. The van der Waals surface area contributed by atoms with Crippen molar-refractivity contribution in [2.24, 2.45) is 0 Å². The molecule has 2 aromatic rings. The molecular formula is C21H26N2O4. The van der Waals surface area contributed by atoms with Crippen molar-refractivity contribution in [3.8, 4) is 23.0 Å². The molecule has 2 aliphatic rings. The Bertz CT molecular complexity index is 788. The van der Waals surface area contributed by atoms with Crippen LogP contribution in [0.1, 0.15) is 11.1 Å². The second kappa shape index (κ2) is 8.06. The zero-order valence-corrected chi connectivity index (χ0v) is 15.9. The number of methoxy groups -OCH3 is 2. The van der Waals surface area contributed by atoms with Crippen molar-refractivity contribution in [3.63, 3.8) is 0 Å². The number of benzene rings is 2. The van der Waals surface area contributed by atoms with E-state index in [0.29, 0.717) is 6.79 Å². The molecule has 0 spiro atoms. The van der Waals surface area contributed by atoms with Gasteiger partial charge in [0.05, 0.1) is 14.2 Å². The Morgan fingerprint density at radius 1 is 0.815 bits per heavy atom. The quantitative estimate of drug-likeness (QED) is 0.779. The fourth-order valence-corrected chi connectivity index (χ4v) is 3.65. The van der Waals surface area contributed by atoms with Gasteiger partial charge in [-0.25, -0.2) is 0 Å². The van der Waals surface area contributed by atoms with Crippen LogP contribution in [0.5, 0.6) is 23.0 Å². The molecule has 0 N–H and O–H groups in total. The van der Waals surface area contributed by atoms with Crippen molar-refractivity contribution in [2.45, 2.75) is 13.1 Å². The Morgan fingerprint density at radius 3 is 2.30 bits per heavy atom. The minimum Gasteiger partial charge on any atom is -0.497 e. The number of hydrogen-bond donors (Lipinski definition) is 0. The molecule has 0 aromatic heterocycles. The number of hydrogen-bond acceptors (Lipinski definition) is 6. The summed E-state index contributed by atoms with van der Waals surface area (Å²) in [6.45, 7) is 6.29. The average Bonchev–Trinajstić information content (AvgIpc) is 3.17. The number of rotatable bonds is 6. The Kier molecular flexibility index (Phi) is 5.36. The van der Waals surface area contributed by atoms with E-state index in [9.17, 15) is 0 Å². The standard InChI is InChI=1S/C21H26N2O4/c1-24-18-4-6-19(25-2)17(12-18)14-23-9-7-22(8-10-23)13-16-3-5-20-21(11-16)27-15-26-20/h3-6,11-12H,7-10,13-15H2,1-2H3. The second-order valence-electron chi connectivity index (χ2n) is 6.92. The van der Waals surface area contributed by atoms with Crippen molar-refractivity contribution in [2.75, 3.05) is 47.2 Å². The van der Waals surface area contributed by atoms with Crippen LogP contribution in [0.2, 0.25) is 0 Å². The summed E-state index contributed by atoms with van der Waals surface area (Å²) in [7, 11) is 3.41. The third-order valence-corrected chi connectivity index (χ3v) is 5.19. The summed E-state index contributed by atoms with van der Waals surface area (Å²) in [5.74, 6) is 3.48. The Balaban J connectivity index is 1.33. The van der Waals surface area contributed by atoms with Crippen LogP contribution in [-0.2, 0) is 13.1 Å². The van der Waals surface area contributed by atoms with E-state index < -0.39 is 0 Å². The lowest BCUT2D eigenvalue weighted by atomic mass is 10.1. The van der Waals surface area contributed by atoms with Gasteiger partial charge in [0.15, 0.2) is 11.5 Å². The molecule has 1 saturated heterocycles. The van der Waals surface area contributed by atoms with Gasteiger partial charge in [-0.05, 0) is 35.9 Å². The van der Waals surface area contributed by atoms with Gasteiger partial charge in [-0.1, -0.05) is 6.07 Å². The fourth-order valence-electron chi connectivity index (χ4n) is 3.65. The van der Waals surface area contributed by atoms with Crippen molar-refractivity contribution in [3.05, 3.63) is 47.5 Å². The smallest absolute Gasteiger partial charge is 0.231 e. The molecule has 2 aromatic carbocycles. The summed E-state index contributed by atoms with van der Waals surface area (Å²) in [4.78, 5) is 4.95. The van der Waals surface area contributed by atoms with Gasteiger partial charge in [0.2, 0.25) is 6.79 Å². The predicted octanol–water partition coefficient (Wildman–Crippen LogP) is 2.75. The van der Waals surface area contributed by atoms with Gasteiger partial charge in [-0.2, -0.15) is 0 Å². The molecule has 0 aliphatic carbocycles. The van der Waals surface area contributed by atoms with E-state index >= 15 is 0 Å². The van der Waals surface area contributed by atoms with Gasteiger partial charge in [-0.15, -0.1) is 0 Å². The molecule has 0 bridgehead atoms. The average molecular weight is 370 g/mol. The highest BCUT2D eigenvalue weighted by Gasteiger charge is 2.20. The zero-order chi connectivity index (χ0) is 18.6. The monoisotopic (exact) mass is 370 g/mol. The second-order valence-corrected chi connectivity index (χ2v) is 6.92. The van der Waals surface area contributed by atoms with Crippen molar-refractivity contribution in [1.82, 2.24) is 9.80 Å². The van der Waals surface area contributed by atoms with Crippen molar-refractivity contribution in [1.29, 1.82) is 0 Å². The fraction of sp³-hybridized carbons (Fsp3) is 0.429. The first-order valence-electron chi connectivity index (χ1n) is 9.29. The maximum atomic E-state index is 5.51. The number of fused-ring (bicyclic) bond motifs is 1. The summed E-state index contributed by atoms with van der Waals surface area (Å²) < 4.78 is 21.7. The van der Waals surface area contributed by atoms with E-state index in [2.05, 4.69) is 28.0 Å². The lowest BCUT2D eigenvalue weighted by Gasteiger charge is -2.35. The van der Waals surface area contributed by atoms with Crippen molar-refractivity contribution < 1.29 is 18.9 Å². The highest BCUT2D eigenvalue weighted by atomic mass is 16.7. The molecule has 6 heteroatoms. The van der Waals surface area contributed by atoms with Crippen molar-refractivity contribution >= 4 is 0 Å². The molecule has 4 rings (SSSR count). The SMILES string of the molecule is COc1ccc(OC)c(CN2CCN(Cc3ccc4c(c3)OCO4)CC2)c1. The highest BCUT2D eigenvalue weighted by molar-refractivity contribution is 5.44. The largest absolute Gasteiger partial charge is 0.497 e. The molecular weight excluding hydrogens is 344 g/mol. The minimum absolute atomic E-state index is 0.325. The van der Waals surface area contributed by atoms with Crippen LogP contribution in [0.3, 0.4) is 0 Å². The van der Waals surface area contributed by atoms with E-state index in [1.54, 1.807) is 14.2 Å². The molecule has 2 heterocycles. The van der Waals surface area contributed by atoms with E-state index in [-0.39, 0.29) is 0 Å². The van der Waals surface area contributed by atoms with Gasteiger partial charge in [0.25, 0.3) is 0 Å². The van der Waals surface area contributed by atoms with Gasteiger partial charge in [-0.3, -0.25) is 9.80 Å². The minimum atomic E-state index is 0.325. The normalized spacial score (nSPS) is 17.1. The van der Waals surface area contributed by atoms with Crippen LogP contribution in [-0.4, -0.2) is 57.0 Å². The molecule has 0 unspecified atom stereocenters. The summed E-state index contributed by atoms with van der Waals surface area (Å²) in [5, 5.41) is 0. The van der Waals surface area contributed by atoms with Gasteiger partial charge in [0.1, 0.15) is 11.5 Å². The van der Waals surface area contributed by atoms with Crippen LogP contribution < -0.4 is 18.9 Å². The Hall–Kier alpha value is -2.44. The highest BCUT2D eigenvalue weighted by Crippen LogP contribution is 2.33. The van der Waals surface area contributed by atoms with Crippen LogP contribution >= 0.6 is 0 Å². The predicted molar refractivity (Wildman–Crippen MR) is 103 cm³/mol. The molecule has 27 heavy (non-hydrogen) atoms. The number of piperazine rings is 1. The molecule has 144 valence electrons. The van der Waals surface area contributed by atoms with Crippen LogP contribution in [0, 0.1) is 0 Å². The molecule has 2 aliphatic heterocycles. The first-order valence-corrected chi connectivity index (χ1v) is 9.29. The molecule has 0 atom stereocenters. The van der Waals surface area contributed by atoms with Crippen LogP contribution in [0.15, 0.2) is 36.4 Å². The molecule has 0 saturated carbocycles. The molecule has 0 radical (unpaired) electrons. The van der Waals surface area contributed by atoms with E-state index in [4.69, 9.17) is 18.9 Å². The number of ether oxygens (including phenoxy) is 4. The summed E-state index contributed by atoms with van der Waals surface area (Å²) in [6, 6.07) is 12.2. The van der Waals surface area contributed by atoms with Gasteiger partial charge < -0.3 is 18.9 Å². The summed E-state index contributed by atoms with van der Waals surface area (Å²) in [5.41, 5.74) is 2.43. The lowest BCUT2D eigenvalue weighted by molar-refractivity contribution is 0.121. The Labute approximate surface area is 160 Å². The summed E-state index contributed by atoms with van der Waals surface area (Å²) >= 11 is 0. The van der Waals surface area contributed by atoms with E-state index in [0.717, 1.165) is 62.3 Å². The first kappa shape index (κ1) is 17.9. The lowest BCUT2D eigenvalue weighted by Crippen LogP contribution is -2.45. The van der Waals surface area contributed by atoms with Gasteiger partial charge in [0, 0.05) is 44.8 Å². The first-order chi connectivity index (χ1) is 13.2. The maximum absolute atomic E-state index is 5.51.